The van der Waals surface area contributed by atoms with Crippen LogP contribution in [-0.2, 0) is 9.84 Å². The van der Waals surface area contributed by atoms with Gasteiger partial charge in [0.2, 0.25) is 9.84 Å². The highest BCUT2D eigenvalue weighted by atomic mass is 32.2. The second-order valence-electron chi connectivity index (χ2n) is 3.84. The molecule has 0 amide bonds. The van der Waals surface area contributed by atoms with Crippen molar-refractivity contribution < 1.29 is 17.2 Å². The van der Waals surface area contributed by atoms with Crippen LogP contribution in [0.5, 0.6) is 0 Å². The van der Waals surface area contributed by atoms with E-state index in [1.54, 1.807) is 11.0 Å². The van der Waals surface area contributed by atoms with E-state index < -0.39 is 20.5 Å². The van der Waals surface area contributed by atoms with Gasteiger partial charge in [-0.25, -0.2) is 8.42 Å². The smallest absolute Gasteiger partial charge is 0.341 e. The predicted octanol–water partition coefficient (Wildman–Crippen LogP) is 0.407. The van der Waals surface area contributed by atoms with Gasteiger partial charge in [-0.3, -0.25) is 0 Å². The number of alkyl halides is 2. The Morgan fingerprint density at radius 3 is 2.11 bits per heavy atom. The average molecular weight is 293 g/mol. The third-order valence-electron chi connectivity index (χ3n) is 2.55. The molecular weight excluding hydrogens is 276 g/mol. The Bertz CT molecular complexity index is 502. The van der Waals surface area contributed by atoms with E-state index >= 15 is 0 Å². The van der Waals surface area contributed by atoms with Crippen molar-refractivity contribution in [1.82, 2.24) is 0 Å². The molecule has 0 atom stereocenters. The van der Waals surface area contributed by atoms with Crippen LogP contribution in [0.1, 0.15) is 0 Å². The van der Waals surface area contributed by atoms with Crippen LogP contribution in [0.2, 0.25) is 0 Å². The number of hydrogen-bond donors (Lipinski definition) is 2. The van der Waals surface area contributed by atoms with Gasteiger partial charge in [0, 0.05) is 26.2 Å². The Morgan fingerprint density at radius 1 is 1.11 bits per heavy atom. The summed E-state index contributed by atoms with van der Waals surface area (Å²) in [5.74, 6) is -3.45. The van der Waals surface area contributed by atoms with E-state index in [0.29, 0.717) is 13.1 Å². The maximum atomic E-state index is 12.7. The number of nitrogens with two attached hydrogens (primary N) is 2. The molecule has 0 aromatic heterocycles. The lowest BCUT2D eigenvalue weighted by Gasteiger charge is -2.25. The molecular formula is C11H17F2N3O2S. The van der Waals surface area contributed by atoms with E-state index in [2.05, 4.69) is 0 Å². The molecule has 0 aliphatic carbocycles. The van der Waals surface area contributed by atoms with Gasteiger partial charge in [0.05, 0.1) is 10.6 Å². The number of nitrogens with zero attached hydrogens (tertiary/aromatic N) is 1. The fourth-order valence-electron chi connectivity index (χ4n) is 1.72. The predicted molar refractivity (Wildman–Crippen MR) is 70.0 cm³/mol. The Kier molecular flexibility index (Phi) is 5.64. The first kappa shape index (κ1) is 15.8. The molecule has 0 unspecified atom stereocenters. The quantitative estimate of drug-likeness (QED) is 0.760. The van der Waals surface area contributed by atoms with Gasteiger partial charge < -0.3 is 16.4 Å². The maximum absolute atomic E-state index is 12.7. The Hall–Kier alpha value is -1.25. The van der Waals surface area contributed by atoms with Crippen LogP contribution in [0.4, 0.5) is 14.5 Å². The zero-order chi connectivity index (χ0) is 14.5. The molecule has 0 saturated carbocycles. The van der Waals surface area contributed by atoms with Crippen molar-refractivity contribution in [1.29, 1.82) is 0 Å². The molecule has 0 fully saturated rings. The summed E-state index contributed by atoms with van der Waals surface area (Å²) in [5, 5.41) is 0. The molecule has 108 valence electrons. The number of rotatable bonds is 7. The summed E-state index contributed by atoms with van der Waals surface area (Å²) >= 11 is 0. The van der Waals surface area contributed by atoms with E-state index in [9.17, 15) is 17.2 Å². The molecule has 0 heterocycles. The largest absolute Gasteiger partial charge is 0.368 e. The molecule has 0 radical (unpaired) electrons. The van der Waals surface area contributed by atoms with E-state index in [1.165, 1.54) is 12.1 Å². The van der Waals surface area contributed by atoms with Crippen molar-refractivity contribution in [2.45, 2.75) is 10.7 Å². The van der Waals surface area contributed by atoms with E-state index in [4.69, 9.17) is 11.5 Å². The van der Waals surface area contributed by atoms with Gasteiger partial charge in [0.1, 0.15) is 0 Å². The monoisotopic (exact) mass is 293 g/mol. The van der Waals surface area contributed by atoms with Crippen LogP contribution >= 0.6 is 0 Å². The summed E-state index contributed by atoms with van der Waals surface area (Å²) in [5.41, 5.74) is 11.1. The van der Waals surface area contributed by atoms with E-state index in [0.717, 1.165) is 6.07 Å². The second kappa shape index (κ2) is 6.78. The summed E-state index contributed by atoms with van der Waals surface area (Å²) in [7, 11) is -4.65. The van der Waals surface area contributed by atoms with Crippen molar-refractivity contribution >= 4 is 15.5 Å². The molecule has 0 spiro atoms. The minimum absolute atomic E-state index is 0.207. The molecule has 1 aromatic carbocycles. The number of hydrogen-bond acceptors (Lipinski definition) is 5. The number of halogens is 2. The van der Waals surface area contributed by atoms with Crippen molar-refractivity contribution in [2.24, 2.45) is 11.5 Å². The van der Waals surface area contributed by atoms with Gasteiger partial charge in [-0.15, -0.1) is 0 Å². The first-order valence-corrected chi connectivity index (χ1v) is 7.26. The highest BCUT2D eigenvalue weighted by Gasteiger charge is 2.30. The van der Waals surface area contributed by atoms with Crippen molar-refractivity contribution in [3.63, 3.8) is 0 Å². The molecule has 4 N–H and O–H groups in total. The normalized spacial score (nSPS) is 11.8. The summed E-state index contributed by atoms with van der Waals surface area (Å²) < 4.78 is 48.6. The molecule has 19 heavy (non-hydrogen) atoms. The molecule has 1 aromatic rings. The Morgan fingerprint density at radius 2 is 1.63 bits per heavy atom. The zero-order valence-corrected chi connectivity index (χ0v) is 11.1. The van der Waals surface area contributed by atoms with Crippen LogP contribution in [0.3, 0.4) is 0 Å². The second-order valence-corrected chi connectivity index (χ2v) is 5.72. The molecule has 0 bridgehead atoms. The van der Waals surface area contributed by atoms with Gasteiger partial charge in [-0.05, 0) is 12.1 Å². The summed E-state index contributed by atoms with van der Waals surface area (Å²) in [6.07, 6.45) is 0. The third-order valence-corrected chi connectivity index (χ3v) is 3.97. The van der Waals surface area contributed by atoms with Crippen LogP contribution in [0.25, 0.3) is 0 Å². The lowest BCUT2D eigenvalue weighted by Crippen LogP contribution is -2.35. The van der Waals surface area contributed by atoms with Crippen LogP contribution in [0, 0.1) is 0 Å². The molecule has 0 saturated heterocycles. The number of anilines is 1. The molecule has 0 aliphatic heterocycles. The van der Waals surface area contributed by atoms with Gasteiger partial charge in [-0.2, -0.15) is 8.78 Å². The first-order valence-electron chi connectivity index (χ1n) is 5.71. The van der Waals surface area contributed by atoms with Gasteiger partial charge in [0.15, 0.2) is 0 Å². The minimum Gasteiger partial charge on any atom is -0.368 e. The lowest BCUT2D eigenvalue weighted by atomic mass is 10.3. The lowest BCUT2D eigenvalue weighted by molar-refractivity contribution is 0.235. The first-order chi connectivity index (χ1) is 8.95. The van der Waals surface area contributed by atoms with E-state index in [1.807, 2.05) is 0 Å². The highest BCUT2D eigenvalue weighted by Crippen LogP contribution is 2.28. The summed E-state index contributed by atoms with van der Waals surface area (Å²) in [4.78, 5) is 1.20. The van der Waals surface area contributed by atoms with Gasteiger partial charge >= 0.3 is 5.76 Å². The minimum atomic E-state index is -4.65. The van der Waals surface area contributed by atoms with Crippen molar-refractivity contribution in [3.05, 3.63) is 24.3 Å². The Balaban J connectivity index is 3.28. The molecule has 8 heteroatoms. The number of benzene rings is 1. The average Bonchev–Trinajstić information content (AvgIpc) is 2.38. The summed E-state index contributed by atoms with van der Waals surface area (Å²) in [6, 6.07) is 5.62. The molecule has 1 rings (SSSR count). The molecule has 0 aliphatic rings. The maximum Gasteiger partial charge on any atom is 0.341 e. The van der Waals surface area contributed by atoms with Gasteiger partial charge in [-0.1, -0.05) is 12.1 Å². The number of para-hydroxylation sites is 1. The topological polar surface area (TPSA) is 89.4 Å². The SMILES string of the molecule is NCCN(CCN)c1ccccc1S(=O)(=O)C(F)F. The zero-order valence-electron chi connectivity index (χ0n) is 10.3. The number of sulfone groups is 1. The van der Waals surface area contributed by atoms with E-state index in [-0.39, 0.29) is 18.8 Å². The van der Waals surface area contributed by atoms with Gasteiger partial charge in [0.25, 0.3) is 0 Å². The fraction of sp³-hybridized carbons (Fsp3) is 0.455. The van der Waals surface area contributed by atoms with Crippen LogP contribution < -0.4 is 16.4 Å². The molecule has 5 nitrogen and oxygen atoms in total. The third kappa shape index (κ3) is 3.62. The highest BCUT2D eigenvalue weighted by molar-refractivity contribution is 7.91. The van der Waals surface area contributed by atoms with Crippen LogP contribution in [0.15, 0.2) is 29.2 Å². The van der Waals surface area contributed by atoms with Crippen molar-refractivity contribution in [2.75, 3.05) is 31.1 Å². The standard InChI is InChI=1S/C11H17F2N3O2S/c12-11(13)19(17,18)10-4-2-1-3-9(10)16(7-5-14)8-6-15/h1-4,11H,5-8,14-15H2. The summed E-state index contributed by atoms with van der Waals surface area (Å²) in [6.45, 7) is 1.21. The van der Waals surface area contributed by atoms with Crippen LogP contribution in [-0.4, -0.2) is 40.4 Å². The fourth-order valence-corrected chi connectivity index (χ4v) is 2.67. The van der Waals surface area contributed by atoms with Crippen molar-refractivity contribution in [3.8, 4) is 0 Å². The Labute approximate surface area is 111 Å².